The minimum atomic E-state index is -0.503. The van der Waals surface area contributed by atoms with Crippen LogP contribution in [-0.2, 0) is 20.5 Å². The number of nitrogens with one attached hydrogen (secondary N) is 1. The first-order valence-electron chi connectivity index (χ1n) is 10.8. The Morgan fingerprint density at radius 1 is 1.03 bits per heavy atom. The number of hydrogen-bond donors (Lipinski definition) is 1. The zero-order valence-corrected chi connectivity index (χ0v) is 19.5. The van der Waals surface area contributed by atoms with Gasteiger partial charge in [-0.25, -0.2) is 0 Å². The predicted molar refractivity (Wildman–Crippen MR) is 123 cm³/mol. The second kappa shape index (κ2) is 8.33. The number of amides is 1. The first-order valence-corrected chi connectivity index (χ1v) is 10.8. The number of rotatable bonds is 5. The van der Waals surface area contributed by atoms with Gasteiger partial charge in [0, 0.05) is 0 Å². The Hall–Kier alpha value is -2.71. The second-order valence-corrected chi connectivity index (χ2v) is 9.22. The van der Waals surface area contributed by atoms with Crippen LogP contribution >= 0.6 is 0 Å². The molecular formula is C24H30BNO6. The molecule has 2 aromatic carbocycles. The van der Waals surface area contributed by atoms with Gasteiger partial charge in [-0.3, -0.25) is 4.79 Å². The maximum atomic E-state index is 13.0. The van der Waals surface area contributed by atoms with Crippen molar-refractivity contribution in [1.82, 2.24) is 0 Å². The molecule has 8 heteroatoms. The number of carbonyl (C=O) groups excluding carboxylic acids is 1. The molecule has 2 aromatic rings. The Kier molecular flexibility index (Phi) is 5.86. The monoisotopic (exact) mass is 439 g/mol. The van der Waals surface area contributed by atoms with Gasteiger partial charge in [0.05, 0.1) is 37.0 Å². The topological polar surface area (TPSA) is 75.3 Å². The Bertz CT molecular complexity index is 1010. The molecule has 0 radical (unpaired) electrons. The van der Waals surface area contributed by atoms with Crippen LogP contribution in [0.1, 0.15) is 33.3 Å². The van der Waals surface area contributed by atoms with Crippen LogP contribution < -0.4 is 25.0 Å². The Balaban J connectivity index is 1.48. The van der Waals surface area contributed by atoms with Crippen LogP contribution in [0, 0.1) is 5.92 Å². The van der Waals surface area contributed by atoms with E-state index in [1.54, 1.807) is 14.2 Å². The smallest absolute Gasteiger partial charge is 0.494 e. The first kappa shape index (κ1) is 22.5. The van der Waals surface area contributed by atoms with Gasteiger partial charge in [-0.05, 0) is 75.5 Å². The van der Waals surface area contributed by atoms with Gasteiger partial charge in [-0.2, -0.15) is 0 Å². The molecule has 170 valence electrons. The Morgan fingerprint density at radius 2 is 1.75 bits per heavy atom. The van der Waals surface area contributed by atoms with Crippen molar-refractivity contribution >= 4 is 24.2 Å². The predicted octanol–water partition coefficient (Wildman–Crippen LogP) is 3.19. The fourth-order valence-corrected chi connectivity index (χ4v) is 3.84. The van der Waals surface area contributed by atoms with E-state index in [4.69, 9.17) is 23.5 Å². The molecular weight excluding hydrogens is 409 g/mol. The highest BCUT2D eigenvalue weighted by Gasteiger charge is 2.51. The van der Waals surface area contributed by atoms with Crippen LogP contribution in [0.15, 0.2) is 36.4 Å². The van der Waals surface area contributed by atoms with Gasteiger partial charge in [0.25, 0.3) is 0 Å². The number of anilines is 1. The standard InChI is InChI=1S/C24H30BNO6/c1-23(2)24(3,4)32-25(31-23)17-7-9-19(21(13-17)29-6)26-22(27)16-11-15-12-18(28-5)8-10-20(15)30-14-16/h7-10,12-13,16H,11,14H2,1-6H3,(H,26,27). The lowest BCUT2D eigenvalue weighted by Gasteiger charge is -2.32. The Morgan fingerprint density at radius 3 is 2.41 bits per heavy atom. The van der Waals surface area contributed by atoms with Crippen molar-refractivity contribution in [2.24, 2.45) is 5.92 Å². The van der Waals surface area contributed by atoms with Crippen molar-refractivity contribution < 1.29 is 28.3 Å². The number of ether oxygens (including phenoxy) is 3. The molecule has 0 spiro atoms. The van der Waals surface area contributed by atoms with Crippen LogP contribution in [0.4, 0.5) is 5.69 Å². The molecule has 2 aliphatic rings. The third-order valence-electron chi connectivity index (χ3n) is 6.55. The van der Waals surface area contributed by atoms with E-state index in [1.165, 1.54) is 0 Å². The van der Waals surface area contributed by atoms with Crippen LogP contribution in [-0.4, -0.2) is 45.1 Å². The molecule has 32 heavy (non-hydrogen) atoms. The minimum absolute atomic E-state index is 0.125. The molecule has 1 unspecified atom stereocenters. The van der Waals surface area contributed by atoms with Gasteiger partial charge in [0.2, 0.25) is 5.91 Å². The molecule has 1 amide bonds. The maximum absolute atomic E-state index is 13.0. The van der Waals surface area contributed by atoms with Crippen LogP contribution in [0.25, 0.3) is 0 Å². The summed E-state index contributed by atoms with van der Waals surface area (Å²) in [5.74, 6) is 1.64. The highest BCUT2D eigenvalue weighted by molar-refractivity contribution is 6.62. The zero-order valence-electron chi connectivity index (χ0n) is 19.5. The SMILES string of the molecule is COc1ccc2c(c1)CC(C(=O)Nc1ccc(B3OC(C)(C)C(C)(C)O3)cc1OC)CO2. The normalized spacial score (nSPS) is 20.8. The lowest BCUT2D eigenvalue weighted by Crippen LogP contribution is -2.41. The van der Waals surface area contributed by atoms with Gasteiger partial charge in [0.1, 0.15) is 23.9 Å². The lowest BCUT2D eigenvalue weighted by atomic mass is 9.79. The number of fused-ring (bicyclic) bond motifs is 1. The molecule has 2 aliphatic heterocycles. The molecule has 0 aromatic heterocycles. The molecule has 0 aliphatic carbocycles. The van der Waals surface area contributed by atoms with E-state index in [1.807, 2.05) is 64.1 Å². The van der Waals surface area contributed by atoms with E-state index in [2.05, 4.69) is 5.32 Å². The fraction of sp³-hybridized carbons (Fsp3) is 0.458. The molecule has 1 saturated heterocycles. The largest absolute Gasteiger partial charge is 0.497 e. The highest BCUT2D eigenvalue weighted by Crippen LogP contribution is 2.37. The lowest BCUT2D eigenvalue weighted by molar-refractivity contribution is -0.121. The third-order valence-corrected chi connectivity index (χ3v) is 6.55. The number of methoxy groups -OCH3 is 2. The summed E-state index contributed by atoms with van der Waals surface area (Å²) < 4.78 is 28.9. The minimum Gasteiger partial charge on any atom is -0.497 e. The van der Waals surface area contributed by atoms with Crippen LogP contribution in [0.2, 0.25) is 0 Å². The van der Waals surface area contributed by atoms with E-state index in [9.17, 15) is 4.79 Å². The number of benzene rings is 2. The van der Waals surface area contributed by atoms with Crippen molar-refractivity contribution in [2.45, 2.75) is 45.3 Å². The Labute approximate surface area is 189 Å². The maximum Gasteiger partial charge on any atom is 0.494 e. The summed E-state index contributed by atoms with van der Waals surface area (Å²) in [6.07, 6.45) is 0.576. The molecule has 1 N–H and O–H groups in total. The molecule has 0 saturated carbocycles. The summed E-state index contributed by atoms with van der Waals surface area (Å²) >= 11 is 0. The molecule has 1 fully saturated rings. The summed E-state index contributed by atoms with van der Waals surface area (Å²) in [5, 5.41) is 2.98. The van der Waals surface area contributed by atoms with Gasteiger partial charge in [0.15, 0.2) is 0 Å². The average molecular weight is 439 g/mol. The summed E-state index contributed by atoms with van der Waals surface area (Å²) in [7, 11) is 2.69. The van der Waals surface area contributed by atoms with E-state index in [0.717, 1.165) is 22.5 Å². The van der Waals surface area contributed by atoms with Crippen molar-refractivity contribution in [2.75, 3.05) is 26.1 Å². The summed E-state index contributed by atoms with van der Waals surface area (Å²) in [6.45, 7) is 8.37. The van der Waals surface area contributed by atoms with Crippen molar-refractivity contribution in [1.29, 1.82) is 0 Å². The quantitative estimate of drug-likeness (QED) is 0.722. The van der Waals surface area contributed by atoms with E-state index in [-0.39, 0.29) is 11.8 Å². The van der Waals surface area contributed by atoms with Crippen LogP contribution in [0.5, 0.6) is 17.2 Å². The van der Waals surface area contributed by atoms with E-state index in [0.29, 0.717) is 24.5 Å². The molecule has 0 bridgehead atoms. The average Bonchev–Trinajstić information content (AvgIpc) is 2.99. The highest BCUT2D eigenvalue weighted by atomic mass is 16.7. The zero-order chi connectivity index (χ0) is 23.1. The first-order chi connectivity index (χ1) is 15.1. The summed E-state index contributed by atoms with van der Waals surface area (Å²) in [4.78, 5) is 13.0. The third kappa shape index (κ3) is 4.17. The van der Waals surface area contributed by atoms with Gasteiger partial charge < -0.3 is 28.8 Å². The molecule has 2 heterocycles. The molecule has 4 rings (SSSR count). The fourth-order valence-electron chi connectivity index (χ4n) is 3.84. The van der Waals surface area contributed by atoms with E-state index >= 15 is 0 Å². The molecule has 7 nitrogen and oxygen atoms in total. The number of carbonyl (C=O) groups is 1. The molecule has 1 atom stereocenters. The number of hydrogen-bond acceptors (Lipinski definition) is 6. The van der Waals surface area contributed by atoms with Crippen molar-refractivity contribution in [3.05, 3.63) is 42.0 Å². The van der Waals surface area contributed by atoms with Crippen LogP contribution in [0.3, 0.4) is 0 Å². The van der Waals surface area contributed by atoms with Crippen molar-refractivity contribution in [3.63, 3.8) is 0 Å². The van der Waals surface area contributed by atoms with Gasteiger partial charge in [-0.15, -0.1) is 0 Å². The summed E-state index contributed by atoms with van der Waals surface area (Å²) in [6, 6.07) is 11.2. The van der Waals surface area contributed by atoms with Gasteiger partial charge >= 0.3 is 7.12 Å². The van der Waals surface area contributed by atoms with E-state index < -0.39 is 18.3 Å². The van der Waals surface area contributed by atoms with Crippen molar-refractivity contribution in [3.8, 4) is 17.2 Å². The van der Waals surface area contributed by atoms with Gasteiger partial charge in [-0.1, -0.05) is 6.07 Å². The summed E-state index contributed by atoms with van der Waals surface area (Å²) in [5.41, 5.74) is 1.52. The second-order valence-electron chi connectivity index (χ2n) is 9.22.